The van der Waals surface area contributed by atoms with Gasteiger partial charge in [-0.15, -0.1) is 0 Å². The molecule has 1 aromatic carbocycles. The molecule has 2 N–H and O–H groups in total. The van der Waals surface area contributed by atoms with Crippen LogP contribution in [-0.4, -0.2) is 33.2 Å². The summed E-state index contributed by atoms with van der Waals surface area (Å²) in [6.45, 7) is 8.71. The van der Waals surface area contributed by atoms with Crippen molar-refractivity contribution in [2.45, 2.75) is 46.0 Å². The minimum Gasteiger partial charge on any atom is -0.356 e. The summed E-state index contributed by atoms with van der Waals surface area (Å²) < 4.78 is 26.4. The molecule has 0 aromatic heterocycles. The number of hydrogen-bond donors (Lipinski definition) is 2. The Morgan fingerprint density at radius 2 is 1.70 bits per heavy atom. The van der Waals surface area contributed by atoms with Crippen molar-refractivity contribution in [3.8, 4) is 0 Å². The van der Waals surface area contributed by atoms with Crippen LogP contribution in [0.5, 0.6) is 0 Å². The van der Waals surface area contributed by atoms with Crippen LogP contribution < -0.4 is 10.0 Å². The first kappa shape index (κ1) is 19.6. The lowest BCUT2D eigenvalue weighted by atomic mass is 9.86. The molecule has 5 nitrogen and oxygen atoms in total. The molecule has 0 atom stereocenters. The second kappa shape index (κ2) is 8.45. The lowest BCUT2D eigenvalue weighted by Crippen LogP contribution is -2.31. The van der Waals surface area contributed by atoms with E-state index in [9.17, 15) is 13.2 Å². The molecule has 0 aliphatic heterocycles. The first-order valence-electron chi connectivity index (χ1n) is 7.91. The number of aryl methyl sites for hydroxylation is 1. The molecule has 0 saturated carbocycles. The fraction of sp³-hybridized carbons (Fsp3) is 0.588. The second-order valence-corrected chi connectivity index (χ2v) is 8.67. The van der Waals surface area contributed by atoms with Gasteiger partial charge in [0.05, 0.1) is 5.75 Å². The third kappa shape index (κ3) is 8.13. The monoisotopic (exact) mass is 340 g/mol. The van der Waals surface area contributed by atoms with Gasteiger partial charge in [-0.1, -0.05) is 45.0 Å². The van der Waals surface area contributed by atoms with Gasteiger partial charge in [-0.25, -0.2) is 13.1 Å². The molecular weight excluding hydrogens is 312 g/mol. The van der Waals surface area contributed by atoms with Crippen LogP contribution in [0, 0.1) is 0 Å². The summed E-state index contributed by atoms with van der Waals surface area (Å²) in [6, 6.07) is 8.10. The molecule has 1 amide bonds. The van der Waals surface area contributed by atoms with Crippen molar-refractivity contribution >= 4 is 15.9 Å². The Balaban J connectivity index is 2.39. The van der Waals surface area contributed by atoms with Crippen LogP contribution in [0.3, 0.4) is 0 Å². The van der Waals surface area contributed by atoms with E-state index in [1.165, 1.54) is 12.5 Å². The van der Waals surface area contributed by atoms with Gasteiger partial charge in [-0.3, -0.25) is 4.79 Å². The zero-order valence-electron chi connectivity index (χ0n) is 14.5. The highest BCUT2D eigenvalue weighted by Gasteiger charge is 2.14. The van der Waals surface area contributed by atoms with E-state index < -0.39 is 10.0 Å². The molecule has 0 radical (unpaired) electrons. The maximum atomic E-state index is 11.9. The van der Waals surface area contributed by atoms with Crippen molar-refractivity contribution in [1.82, 2.24) is 10.0 Å². The van der Waals surface area contributed by atoms with E-state index in [2.05, 4.69) is 42.9 Å². The minimum atomic E-state index is -3.28. The highest BCUT2D eigenvalue weighted by Crippen LogP contribution is 2.22. The van der Waals surface area contributed by atoms with Crippen LogP contribution >= 0.6 is 0 Å². The number of sulfonamides is 1. The fourth-order valence-corrected chi connectivity index (χ4v) is 3.18. The van der Waals surface area contributed by atoms with Crippen molar-refractivity contribution in [2.24, 2.45) is 0 Å². The molecule has 0 aliphatic rings. The molecule has 23 heavy (non-hydrogen) atoms. The van der Waals surface area contributed by atoms with Gasteiger partial charge in [-0.2, -0.15) is 0 Å². The molecule has 130 valence electrons. The van der Waals surface area contributed by atoms with E-state index in [-0.39, 0.29) is 17.1 Å². The molecule has 0 bridgehead atoms. The summed E-state index contributed by atoms with van der Waals surface area (Å²) >= 11 is 0. The fourth-order valence-electron chi connectivity index (χ4n) is 2.08. The average Bonchev–Trinajstić information content (AvgIpc) is 2.44. The lowest BCUT2D eigenvalue weighted by molar-refractivity contribution is -0.118. The number of amides is 1. The molecule has 1 aromatic rings. The maximum Gasteiger partial charge on any atom is 0.216 e. The van der Waals surface area contributed by atoms with Crippen LogP contribution in [-0.2, 0) is 26.7 Å². The molecule has 0 heterocycles. The Morgan fingerprint density at radius 1 is 1.09 bits per heavy atom. The Morgan fingerprint density at radius 3 is 2.22 bits per heavy atom. The lowest BCUT2D eigenvalue weighted by Gasteiger charge is -2.19. The standard InChI is InChI=1S/C17H28N2O3S/c1-14(20)18-11-5-12-19-23(21,22)13-10-15-6-8-16(9-7-15)17(2,3)4/h6-9,19H,5,10-13H2,1-4H3,(H,18,20). The number of carbonyl (C=O) groups excluding carboxylic acids is 1. The molecule has 6 heteroatoms. The number of hydrogen-bond acceptors (Lipinski definition) is 3. The highest BCUT2D eigenvalue weighted by atomic mass is 32.2. The van der Waals surface area contributed by atoms with E-state index in [0.717, 1.165) is 5.56 Å². The van der Waals surface area contributed by atoms with Gasteiger partial charge < -0.3 is 5.32 Å². The van der Waals surface area contributed by atoms with Crippen LogP contribution in [0.1, 0.15) is 45.2 Å². The number of rotatable bonds is 8. The van der Waals surface area contributed by atoms with Gasteiger partial charge >= 0.3 is 0 Å². The third-order valence-corrected chi connectivity index (χ3v) is 4.91. The normalized spacial score (nSPS) is 12.2. The summed E-state index contributed by atoms with van der Waals surface area (Å²) in [5, 5.41) is 2.63. The van der Waals surface area contributed by atoms with Gasteiger partial charge in [0.25, 0.3) is 0 Å². The Hall–Kier alpha value is -1.40. The maximum absolute atomic E-state index is 11.9. The van der Waals surface area contributed by atoms with Gasteiger partial charge in [-0.05, 0) is 29.4 Å². The van der Waals surface area contributed by atoms with E-state index in [4.69, 9.17) is 0 Å². The van der Waals surface area contributed by atoms with E-state index in [1.54, 1.807) is 0 Å². The van der Waals surface area contributed by atoms with E-state index in [1.807, 2.05) is 12.1 Å². The van der Waals surface area contributed by atoms with Crippen molar-refractivity contribution in [3.63, 3.8) is 0 Å². The second-order valence-electron chi connectivity index (χ2n) is 6.75. The van der Waals surface area contributed by atoms with Crippen molar-refractivity contribution in [2.75, 3.05) is 18.8 Å². The smallest absolute Gasteiger partial charge is 0.216 e. The van der Waals surface area contributed by atoms with Crippen LogP contribution in [0.2, 0.25) is 0 Å². The SMILES string of the molecule is CC(=O)NCCCNS(=O)(=O)CCc1ccc(C(C)(C)C)cc1. The van der Waals surface area contributed by atoms with E-state index in [0.29, 0.717) is 25.9 Å². The summed E-state index contributed by atoms with van der Waals surface area (Å²) in [6.07, 6.45) is 1.07. The Kier molecular flexibility index (Phi) is 7.22. The van der Waals surface area contributed by atoms with Gasteiger partial charge in [0.1, 0.15) is 0 Å². The largest absolute Gasteiger partial charge is 0.356 e. The van der Waals surface area contributed by atoms with Crippen LogP contribution in [0.25, 0.3) is 0 Å². The first-order chi connectivity index (χ1) is 10.6. The number of nitrogens with one attached hydrogen (secondary N) is 2. The topological polar surface area (TPSA) is 75.3 Å². The highest BCUT2D eigenvalue weighted by molar-refractivity contribution is 7.89. The molecule has 0 spiro atoms. The summed E-state index contributed by atoms with van der Waals surface area (Å²) in [4.78, 5) is 10.7. The van der Waals surface area contributed by atoms with Crippen molar-refractivity contribution in [3.05, 3.63) is 35.4 Å². The van der Waals surface area contributed by atoms with Gasteiger partial charge in [0.15, 0.2) is 0 Å². The summed E-state index contributed by atoms with van der Waals surface area (Å²) in [7, 11) is -3.28. The van der Waals surface area contributed by atoms with Gasteiger partial charge in [0, 0.05) is 20.0 Å². The number of benzene rings is 1. The molecule has 0 aliphatic carbocycles. The van der Waals surface area contributed by atoms with Crippen LogP contribution in [0.4, 0.5) is 0 Å². The summed E-state index contributed by atoms with van der Waals surface area (Å²) in [5.41, 5.74) is 2.35. The Bertz CT molecular complexity index is 602. The zero-order chi connectivity index (χ0) is 17.5. The molecule has 1 rings (SSSR count). The molecule has 0 fully saturated rings. The van der Waals surface area contributed by atoms with Crippen molar-refractivity contribution < 1.29 is 13.2 Å². The number of carbonyl (C=O) groups is 1. The Labute approximate surface area is 139 Å². The molecule has 0 unspecified atom stereocenters. The molecular formula is C17H28N2O3S. The van der Waals surface area contributed by atoms with Crippen LogP contribution in [0.15, 0.2) is 24.3 Å². The predicted molar refractivity (Wildman–Crippen MR) is 93.9 cm³/mol. The molecule has 0 saturated heterocycles. The van der Waals surface area contributed by atoms with E-state index >= 15 is 0 Å². The minimum absolute atomic E-state index is 0.0714. The van der Waals surface area contributed by atoms with Gasteiger partial charge in [0.2, 0.25) is 15.9 Å². The average molecular weight is 340 g/mol. The summed E-state index contributed by atoms with van der Waals surface area (Å²) in [5.74, 6) is -0.0336. The first-order valence-corrected chi connectivity index (χ1v) is 9.56. The van der Waals surface area contributed by atoms with Crippen molar-refractivity contribution in [1.29, 1.82) is 0 Å². The quantitative estimate of drug-likeness (QED) is 0.711. The zero-order valence-corrected chi connectivity index (χ0v) is 15.3. The predicted octanol–water partition coefficient (Wildman–Crippen LogP) is 1.97. The third-order valence-electron chi connectivity index (χ3n) is 3.53.